The third kappa shape index (κ3) is 5.85. The van der Waals surface area contributed by atoms with Gasteiger partial charge in [0, 0.05) is 12.1 Å². The lowest BCUT2D eigenvalue weighted by Gasteiger charge is -2.20. The van der Waals surface area contributed by atoms with Gasteiger partial charge in [0.25, 0.3) is 0 Å². The third-order valence-corrected chi connectivity index (χ3v) is 3.22. The van der Waals surface area contributed by atoms with Crippen molar-refractivity contribution < 1.29 is 0 Å². The Morgan fingerprint density at radius 1 is 1.26 bits per heavy atom. The van der Waals surface area contributed by atoms with Crippen molar-refractivity contribution in [2.24, 2.45) is 5.84 Å². The summed E-state index contributed by atoms with van der Waals surface area (Å²) in [7, 11) is 0. The van der Waals surface area contributed by atoms with Gasteiger partial charge in [0.2, 0.25) is 0 Å². The average Bonchev–Trinajstić information content (AvgIpc) is 2.44. The molecule has 1 aromatic heterocycles. The highest BCUT2D eigenvalue weighted by atomic mass is 15.3. The third-order valence-electron chi connectivity index (χ3n) is 3.22. The molecule has 0 aliphatic rings. The molecule has 0 aliphatic carbocycles. The Morgan fingerprint density at radius 3 is 2.58 bits per heavy atom. The standard InChI is InChI=1S/C13H26N6/c1-4-19(5-2)8-6-7-11(3)17-12-9-13(18-14)16-10-15-12/h9-11H,4-8,14H2,1-3H3,(H2,15,16,17,18). The molecule has 0 fully saturated rings. The molecule has 0 spiro atoms. The van der Waals surface area contributed by atoms with Crippen LogP contribution in [0.4, 0.5) is 11.6 Å². The summed E-state index contributed by atoms with van der Waals surface area (Å²) >= 11 is 0. The molecule has 1 atom stereocenters. The maximum Gasteiger partial charge on any atom is 0.145 e. The molecule has 108 valence electrons. The van der Waals surface area contributed by atoms with Crippen LogP contribution in [0.25, 0.3) is 0 Å². The van der Waals surface area contributed by atoms with Gasteiger partial charge in [-0.25, -0.2) is 15.8 Å². The van der Waals surface area contributed by atoms with E-state index in [0.717, 1.165) is 31.9 Å². The van der Waals surface area contributed by atoms with Crippen LogP contribution in [0.3, 0.4) is 0 Å². The molecular formula is C13H26N6. The molecule has 0 aliphatic heterocycles. The number of aromatic nitrogens is 2. The summed E-state index contributed by atoms with van der Waals surface area (Å²) in [5.41, 5.74) is 2.52. The highest BCUT2D eigenvalue weighted by molar-refractivity contribution is 5.45. The van der Waals surface area contributed by atoms with E-state index in [1.807, 2.05) is 0 Å². The van der Waals surface area contributed by atoms with Crippen molar-refractivity contribution in [3.8, 4) is 0 Å². The molecule has 6 nitrogen and oxygen atoms in total. The van der Waals surface area contributed by atoms with Gasteiger partial charge in [0.15, 0.2) is 0 Å². The van der Waals surface area contributed by atoms with Gasteiger partial charge in [-0.05, 0) is 39.4 Å². The molecule has 1 rings (SSSR count). The van der Waals surface area contributed by atoms with E-state index in [1.165, 1.54) is 12.7 Å². The fourth-order valence-electron chi connectivity index (χ4n) is 2.00. The molecule has 0 saturated carbocycles. The lowest BCUT2D eigenvalue weighted by Crippen LogP contribution is -2.25. The van der Waals surface area contributed by atoms with Crippen LogP contribution in [0.5, 0.6) is 0 Å². The fourth-order valence-corrected chi connectivity index (χ4v) is 2.00. The summed E-state index contributed by atoms with van der Waals surface area (Å²) in [5, 5.41) is 3.36. The van der Waals surface area contributed by atoms with E-state index in [0.29, 0.717) is 11.9 Å². The minimum absolute atomic E-state index is 0.385. The lowest BCUT2D eigenvalue weighted by atomic mass is 10.1. The number of hydrogen-bond donors (Lipinski definition) is 3. The highest BCUT2D eigenvalue weighted by Gasteiger charge is 2.05. The molecule has 19 heavy (non-hydrogen) atoms. The second-order valence-electron chi connectivity index (χ2n) is 4.65. The van der Waals surface area contributed by atoms with E-state index in [2.05, 4.69) is 46.4 Å². The average molecular weight is 266 g/mol. The van der Waals surface area contributed by atoms with Gasteiger partial charge in [-0.3, -0.25) is 0 Å². The van der Waals surface area contributed by atoms with Gasteiger partial charge in [0.05, 0.1) is 0 Å². The largest absolute Gasteiger partial charge is 0.367 e. The Kier molecular flexibility index (Phi) is 7.14. The first-order valence-corrected chi connectivity index (χ1v) is 6.97. The van der Waals surface area contributed by atoms with Crippen molar-refractivity contribution in [2.75, 3.05) is 30.4 Å². The summed E-state index contributed by atoms with van der Waals surface area (Å²) in [6.45, 7) is 9.96. The van der Waals surface area contributed by atoms with E-state index in [4.69, 9.17) is 5.84 Å². The smallest absolute Gasteiger partial charge is 0.145 e. The van der Waals surface area contributed by atoms with E-state index < -0.39 is 0 Å². The van der Waals surface area contributed by atoms with E-state index in [1.54, 1.807) is 6.07 Å². The molecule has 6 heteroatoms. The van der Waals surface area contributed by atoms with Crippen molar-refractivity contribution in [3.05, 3.63) is 12.4 Å². The second kappa shape index (κ2) is 8.66. The zero-order chi connectivity index (χ0) is 14.1. The summed E-state index contributed by atoms with van der Waals surface area (Å²) in [6.07, 6.45) is 3.80. The summed E-state index contributed by atoms with van der Waals surface area (Å²) in [5.74, 6) is 6.74. The van der Waals surface area contributed by atoms with Crippen molar-refractivity contribution in [2.45, 2.75) is 39.7 Å². The fraction of sp³-hybridized carbons (Fsp3) is 0.692. The summed E-state index contributed by atoms with van der Waals surface area (Å²) in [4.78, 5) is 10.6. The van der Waals surface area contributed by atoms with Crippen LogP contribution >= 0.6 is 0 Å². The number of anilines is 2. The zero-order valence-corrected chi connectivity index (χ0v) is 12.2. The zero-order valence-electron chi connectivity index (χ0n) is 12.2. The van der Waals surface area contributed by atoms with Crippen molar-refractivity contribution in [3.63, 3.8) is 0 Å². The van der Waals surface area contributed by atoms with Crippen LogP contribution in [0.2, 0.25) is 0 Å². The predicted octanol–water partition coefficient (Wildman–Crippen LogP) is 1.68. The quantitative estimate of drug-likeness (QED) is 0.466. The summed E-state index contributed by atoms with van der Waals surface area (Å²) in [6, 6.07) is 2.19. The first kappa shape index (κ1) is 15.7. The van der Waals surface area contributed by atoms with Gasteiger partial charge in [-0.15, -0.1) is 0 Å². The minimum Gasteiger partial charge on any atom is -0.367 e. The highest BCUT2D eigenvalue weighted by Crippen LogP contribution is 2.10. The van der Waals surface area contributed by atoms with E-state index >= 15 is 0 Å². The van der Waals surface area contributed by atoms with Crippen molar-refractivity contribution >= 4 is 11.6 Å². The maximum absolute atomic E-state index is 5.32. The molecule has 0 radical (unpaired) electrons. The van der Waals surface area contributed by atoms with Crippen LogP contribution in [-0.4, -0.2) is 40.5 Å². The molecule has 0 bridgehead atoms. The van der Waals surface area contributed by atoms with E-state index in [9.17, 15) is 0 Å². The Labute approximate surface area is 115 Å². The Hall–Kier alpha value is -1.40. The Morgan fingerprint density at radius 2 is 1.95 bits per heavy atom. The molecule has 1 aromatic rings. The van der Waals surface area contributed by atoms with E-state index in [-0.39, 0.29) is 0 Å². The molecule has 4 N–H and O–H groups in total. The maximum atomic E-state index is 5.32. The number of nitrogens with one attached hydrogen (secondary N) is 2. The van der Waals surface area contributed by atoms with Gasteiger partial charge in [-0.1, -0.05) is 13.8 Å². The number of hydrogen-bond acceptors (Lipinski definition) is 6. The van der Waals surface area contributed by atoms with Crippen molar-refractivity contribution in [1.29, 1.82) is 0 Å². The monoisotopic (exact) mass is 266 g/mol. The normalized spacial score (nSPS) is 12.5. The van der Waals surface area contributed by atoms with Gasteiger partial charge in [-0.2, -0.15) is 0 Å². The second-order valence-corrected chi connectivity index (χ2v) is 4.65. The lowest BCUT2D eigenvalue weighted by molar-refractivity contribution is 0.295. The Balaban J connectivity index is 2.32. The number of nitrogen functional groups attached to an aromatic ring is 1. The summed E-state index contributed by atoms with van der Waals surface area (Å²) < 4.78 is 0. The van der Waals surface area contributed by atoms with Crippen molar-refractivity contribution in [1.82, 2.24) is 14.9 Å². The van der Waals surface area contributed by atoms with Crippen LogP contribution in [0.1, 0.15) is 33.6 Å². The number of hydrazine groups is 1. The molecule has 1 heterocycles. The van der Waals surface area contributed by atoms with Crippen LogP contribution < -0.4 is 16.6 Å². The number of nitrogens with zero attached hydrogens (tertiary/aromatic N) is 3. The Bertz CT molecular complexity index is 353. The van der Waals surface area contributed by atoms with Crippen LogP contribution in [-0.2, 0) is 0 Å². The van der Waals surface area contributed by atoms with Gasteiger partial charge in [0.1, 0.15) is 18.0 Å². The number of rotatable bonds is 9. The number of nitrogens with two attached hydrogens (primary N) is 1. The SMILES string of the molecule is CCN(CC)CCCC(C)Nc1cc(NN)ncn1. The van der Waals surface area contributed by atoms with Gasteiger partial charge >= 0.3 is 0 Å². The minimum atomic E-state index is 0.385. The molecule has 0 saturated heterocycles. The molecule has 0 aromatic carbocycles. The van der Waals surface area contributed by atoms with Gasteiger partial charge < -0.3 is 15.6 Å². The molecule has 0 amide bonds. The van der Waals surface area contributed by atoms with Crippen LogP contribution in [0, 0.1) is 0 Å². The predicted molar refractivity (Wildman–Crippen MR) is 79.9 cm³/mol. The first-order chi connectivity index (χ1) is 9.19. The molecule has 1 unspecified atom stereocenters. The molecular weight excluding hydrogens is 240 g/mol. The topological polar surface area (TPSA) is 79.1 Å². The van der Waals surface area contributed by atoms with Crippen LogP contribution in [0.15, 0.2) is 12.4 Å². The first-order valence-electron chi connectivity index (χ1n) is 6.97.